The Morgan fingerprint density at radius 2 is 2.17 bits per heavy atom. The number of aromatic nitrogens is 3. The number of ether oxygens (including phenoxy) is 1. The molecule has 3 rings (SSSR count). The lowest BCUT2D eigenvalue weighted by Gasteiger charge is -2.39. The third-order valence-electron chi connectivity index (χ3n) is 5.17. The smallest absolute Gasteiger partial charge is 0.191 e. The van der Waals surface area contributed by atoms with E-state index in [4.69, 9.17) is 4.74 Å². The minimum absolute atomic E-state index is 0.121. The molecule has 1 atom stereocenters. The highest BCUT2D eigenvalue weighted by atomic mass is 16.5. The molecule has 0 bridgehead atoms. The van der Waals surface area contributed by atoms with Gasteiger partial charge in [0, 0.05) is 26.7 Å². The average Bonchev–Trinajstić information content (AvgIpc) is 3.12. The summed E-state index contributed by atoms with van der Waals surface area (Å²) < 4.78 is 8.09. The Labute approximate surface area is 137 Å². The number of hydrogen-bond donors (Lipinski definition) is 2. The first kappa shape index (κ1) is 16.2. The molecule has 7 heteroatoms. The summed E-state index contributed by atoms with van der Waals surface area (Å²) in [7, 11) is 3.78. The Kier molecular flexibility index (Phi) is 4.84. The molecular formula is C16H28N6O. The van der Waals surface area contributed by atoms with Crippen LogP contribution in [0.15, 0.2) is 4.99 Å². The topological polar surface area (TPSA) is 76.4 Å². The molecule has 1 aromatic rings. The zero-order chi connectivity index (χ0) is 16.3. The van der Waals surface area contributed by atoms with Crippen molar-refractivity contribution >= 4 is 5.96 Å². The van der Waals surface area contributed by atoms with E-state index < -0.39 is 0 Å². The number of nitrogens with zero attached hydrogens (tertiary/aromatic N) is 4. The molecule has 0 aromatic carbocycles. The van der Waals surface area contributed by atoms with Crippen molar-refractivity contribution in [3.63, 3.8) is 0 Å². The zero-order valence-corrected chi connectivity index (χ0v) is 14.4. The van der Waals surface area contributed by atoms with E-state index in [1.807, 2.05) is 25.6 Å². The molecule has 1 aromatic heterocycles. The average molecular weight is 320 g/mol. The molecule has 2 aliphatic rings. The van der Waals surface area contributed by atoms with Crippen LogP contribution in [0.2, 0.25) is 0 Å². The van der Waals surface area contributed by atoms with Crippen LogP contribution >= 0.6 is 0 Å². The molecule has 0 radical (unpaired) electrons. The predicted molar refractivity (Wildman–Crippen MR) is 89.2 cm³/mol. The molecule has 7 nitrogen and oxygen atoms in total. The van der Waals surface area contributed by atoms with Gasteiger partial charge in [-0.25, -0.2) is 0 Å². The van der Waals surface area contributed by atoms with Gasteiger partial charge in [0.05, 0.1) is 12.1 Å². The fourth-order valence-corrected chi connectivity index (χ4v) is 3.67. The molecule has 2 N–H and O–H groups in total. The van der Waals surface area contributed by atoms with Crippen LogP contribution in [0.1, 0.15) is 50.2 Å². The molecule has 2 fully saturated rings. The van der Waals surface area contributed by atoms with E-state index in [0.717, 1.165) is 37.1 Å². The van der Waals surface area contributed by atoms with Crippen molar-refractivity contribution in [2.45, 2.75) is 63.6 Å². The molecule has 1 saturated heterocycles. The van der Waals surface area contributed by atoms with E-state index in [1.54, 1.807) is 0 Å². The first-order chi connectivity index (χ1) is 11.1. The lowest BCUT2D eigenvalue weighted by atomic mass is 9.89. The molecule has 128 valence electrons. The molecular weight excluding hydrogens is 292 g/mol. The first-order valence-corrected chi connectivity index (χ1v) is 8.58. The SMILES string of the molecule is CN=C(NCc1nnc(C)n1C)NC1CCOC2(CCCC2)C1. The second-order valence-electron chi connectivity index (χ2n) is 6.72. The van der Waals surface area contributed by atoms with Gasteiger partial charge in [-0.05, 0) is 32.6 Å². The molecule has 23 heavy (non-hydrogen) atoms. The maximum absolute atomic E-state index is 6.10. The summed E-state index contributed by atoms with van der Waals surface area (Å²) in [4.78, 5) is 4.34. The summed E-state index contributed by atoms with van der Waals surface area (Å²) in [5, 5.41) is 15.1. The van der Waals surface area contributed by atoms with Gasteiger partial charge in [0.2, 0.25) is 0 Å². The summed E-state index contributed by atoms with van der Waals surface area (Å²) in [5.41, 5.74) is 0.121. The summed E-state index contributed by atoms with van der Waals surface area (Å²) in [6.07, 6.45) is 7.11. The minimum Gasteiger partial charge on any atom is -0.375 e. The summed E-state index contributed by atoms with van der Waals surface area (Å²) in [5.74, 6) is 2.65. The van der Waals surface area contributed by atoms with Crippen LogP contribution in [0, 0.1) is 6.92 Å². The number of guanidine groups is 1. The van der Waals surface area contributed by atoms with E-state index in [2.05, 4.69) is 25.8 Å². The number of hydrogen-bond acceptors (Lipinski definition) is 4. The van der Waals surface area contributed by atoms with Crippen LogP contribution in [0.25, 0.3) is 0 Å². The fraction of sp³-hybridized carbons (Fsp3) is 0.812. The lowest BCUT2D eigenvalue weighted by molar-refractivity contribution is -0.0815. The molecule has 0 amide bonds. The normalized spacial score (nSPS) is 24.1. The predicted octanol–water partition coefficient (Wildman–Crippen LogP) is 1.28. The molecule has 1 spiro atoms. The van der Waals surface area contributed by atoms with Gasteiger partial charge < -0.3 is 19.9 Å². The number of nitrogens with one attached hydrogen (secondary N) is 2. The van der Waals surface area contributed by atoms with Crippen LogP contribution in [0.4, 0.5) is 0 Å². The van der Waals surface area contributed by atoms with Crippen LogP contribution in [-0.2, 0) is 18.3 Å². The number of aryl methyl sites for hydroxylation is 1. The zero-order valence-electron chi connectivity index (χ0n) is 14.4. The highest BCUT2D eigenvalue weighted by Gasteiger charge is 2.40. The molecule has 1 aliphatic carbocycles. The largest absolute Gasteiger partial charge is 0.375 e. The lowest BCUT2D eigenvalue weighted by Crippen LogP contribution is -2.50. The highest BCUT2D eigenvalue weighted by Crippen LogP contribution is 2.39. The number of aliphatic imine (C=N–C) groups is 1. The maximum Gasteiger partial charge on any atom is 0.191 e. The van der Waals surface area contributed by atoms with Gasteiger partial charge in [0.25, 0.3) is 0 Å². The fourth-order valence-electron chi connectivity index (χ4n) is 3.67. The summed E-state index contributed by atoms with van der Waals surface area (Å²) >= 11 is 0. The molecule has 1 unspecified atom stereocenters. The third-order valence-corrected chi connectivity index (χ3v) is 5.17. The monoisotopic (exact) mass is 320 g/mol. The van der Waals surface area contributed by atoms with Crippen molar-refractivity contribution in [1.82, 2.24) is 25.4 Å². The minimum atomic E-state index is 0.121. The van der Waals surface area contributed by atoms with Crippen LogP contribution in [0.5, 0.6) is 0 Å². The van der Waals surface area contributed by atoms with Crippen LogP contribution in [-0.4, -0.2) is 46.0 Å². The van der Waals surface area contributed by atoms with Gasteiger partial charge in [0.15, 0.2) is 11.8 Å². The number of rotatable bonds is 3. The van der Waals surface area contributed by atoms with Crippen molar-refractivity contribution in [1.29, 1.82) is 0 Å². The Bertz CT molecular complexity index is 561. The summed E-state index contributed by atoms with van der Waals surface area (Å²) in [6.45, 7) is 3.41. The first-order valence-electron chi connectivity index (χ1n) is 8.58. The Balaban J connectivity index is 1.54. The van der Waals surface area contributed by atoms with Crippen molar-refractivity contribution in [3.05, 3.63) is 11.6 Å². The van der Waals surface area contributed by atoms with E-state index in [-0.39, 0.29) is 5.60 Å². The molecule has 1 aliphatic heterocycles. The van der Waals surface area contributed by atoms with Crippen molar-refractivity contribution in [2.24, 2.45) is 12.0 Å². The van der Waals surface area contributed by atoms with Gasteiger partial charge in [-0.2, -0.15) is 0 Å². The molecule has 2 heterocycles. The Hall–Kier alpha value is -1.63. The standard InChI is InChI=1S/C16H28N6O/c1-12-20-21-14(22(12)3)11-18-15(17-2)19-13-6-9-23-16(10-13)7-4-5-8-16/h13H,4-11H2,1-3H3,(H2,17,18,19). The van der Waals surface area contributed by atoms with E-state index in [0.29, 0.717) is 12.6 Å². The third kappa shape index (κ3) is 3.65. The van der Waals surface area contributed by atoms with Crippen LogP contribution in [0.3, 0.4) is 0 Å². The van der Waals surface area contributed by atoms with Gasteiger partial charge in [-0.15, -0.1) is 10.2 Å². The highest BCUT2D eigenvalue weighted by molar-refractivity contribution is 5.79. The van der Waals surface area contributed by atoms with Gasteiger partial charge in [-0.3, -0.25) is 4.99 Å². The van der Waals surface area contributed by atoms with Gasteiger partial charge in [0.1, 0.15) is 5.82 Å². The van der Waals surface area contributed by atoms with Crippen molar-refractivity contribution in [2.75, 3.05) is 13.7 Å². The summed E-state index contributed by atoms with van der Waals surface area (Å²) in [6, 6.07) is 0.425. The van der Waals surface area contributed by atoms with Crippen molar-refractivity contribution < 1.29 is 4.74 Å². The molecule has 1 saturated carbocycles. The second-order valence-corrected chi connectivity index (χ2v) is 6.72. The van der Waals surface area contributed by atoms with Gasteiger partial charge >= 0.3 is 0 Å². The van der Waals surface area contributed by atoms with Crippen molar-refractivity contribution in [3.8, 4) is 0 Å². The quantitative estimate of drug-likeness (QED) is 0.648. The van der Waals surface area contributed by atoms with E-state index >= 15 is 0 Å². The maximum atomic E-state index is 6.10. The van der Waals surface area contributed by atoms with Crippen LogP contribution < -0.4 is 10.6 Å². The van der Waals surface area contributed by atoms with E-state index in [1.165, 1.54) is 25.7 Å². The van der Waals surface area contributed by atoms with E-state index in [9.17, 15) is 0 Å². The Morgan fingerprint density at radius 1 is 1.39 bits per heavy atom. The van der Waals surface area contributed by atoms with Gasteiger partial charge in [-0.1, -0.05) is 12.8 Å². The Morgan fingerprint density at radius 3 is 2.83 bits per heavy atom. The second kappa shape index (κ2) is 6.86.